The summed E-state index contributed by atoms with van der Waals surface area (Å²) >= 11 is 0. The highest BCUT2D eigenvalue weighted by molar-refractivity contribution is 5.91. The van der Waals surface area contributed by atoms with Gasteiger partial charge >= 0.3 is 23.9 Å². The quantitative estimate of drug-likeness (QED) is 0.0196. The number of hydrogen-bond donors (Lipinski definition) is 5. The maximum Gasteiger partial charge on any atom is 0.325 e. The smallest absolute Gasteiger partial charge is 0.325 e. The second-order valence-electron chi connectivity index (χ2n) is 9.50. The molecule has 0 aliphatic rings. The molecule has 0 bridgehead atoms. The van der Waals surface area contributed by atoms with Crippen LogP contribution in [-0.2, 0) is 76.1 Å². The topological polar surface area (TPSA) is 299 Å². The van der Waals surface area contributed by atoms with Gasteiger partial charge in [0.15, 0.2) is 5.78 Å². The van der Waals surface area contributed by atoms with E-state index in [1.807, 2.05) is 0 Å². The molecule has 0 aromatic heterocycles. The molecular formula is C34H63N3O18. The molecule has 0 fully saturated rings. The highest BCUT2D eigenvalue weighted by atomic mass is 16.6. The van der Waals surface area contributed by atoms with Crippen molar-refractivity contribution in [3.63, 3.8) is 0 Å². The van der Waals surface area contributed by atoms with E-state index >= 15 is 0 Å². The molecule has 0 aromatic carbocycles. The van der Waals surface area contributed by atoms with Crippen LogP contribution in [0.2, 0.25) is 0 Å². The monoisotopic (exact) mass is 801 g/mol. The van der Waals surface area contributed by atoms with Crippen LogP contribution in [0.1, 0.15) is 20.3 Å². The Bertz CT molecular complexity index is 911. The Labute approximate surface area is 322 Å². The Morgan fingerprint density at radius 2 is 0.800 bits per heavy atom. The summed E-state index contributed by atoms with van der Waals surface area (Å²) in [6.07, 6.45) is 2.32. The second kappa shape index (κ2) is 48.1. The number of aliphatic hydroxyl groups excluding tert-OH is 2. The molecule has 0 saturated heterocycles. The van der Waals surface area contributed by atoms with Crippen LogP contribution in [0.3, 0.4) is 0 Å². The van der Waals surface area contributed by atoms with Crippen LogP contribution in [0.25, 0.3) is 0 Å². The Morgan fingerprint density at radius 3 is 1.13 bits per heavy atom. The van der Waals surface area contributed by atoms with Crippen LogP contribution in [0.4, 0.5) is 0 Å². The molecule has 0 heterocycles. The van der Waals surface area contributed by atoms with Crippen LogP contribution >= 0.6 is 0 Å². The van der Waals surface area contributed by atoms with Crippen molar-refractivity contribution in [1.29, 1.82) is 0 Å². The zero-order chi connectivity index (χ0) is 40.9. The van der Waals surface area contributed by atoms with Crippen LogP contribution in [0.15, 0.2) is 25.3 Å². The van der Waals surface area contributed by atoms with Gasteiger partial charge in [-0.15, -0.1) is 0 Å². The normalized spacial score (nSPS) is 9.82. The van der Waals surface area contributed by atoms with Crippen LogP contribution < -0.4 is 16.8 Å². The van der Waals surface area contributed by atoms with E-state index in [0.717, 1.165) is 12.2 Å². The minimum absolute atomic E-state index is 0. The molecule has 1 amide bonds. The lowest BCUT2D eigenvalue weighted by Gasteiger charge is -2.08. The molecule has 0 atom stereocenters. The molecule has 55 heavy (non-hydrogen) atoms. The summed E-state index contributed by atoms with van der Waals surface area (Å²) in [5.41, 5.74) is 10.1. The number of nitrogens with one attached hydrogen (secondary N) is 1. The number of ether oxygens (including phenoxy) is 10. The van der Waals surface area contributed by atoms with Gasteiger partial charge < -0.3 is 74.4 Å². The second-order valence-corrected chi connectivity index (χ2v) is 9.50. The lowest BCUT2D eigenvalue weighted by Crippen LogP contribution is -2.29. The van der Waals surface area contributed by atoms with E-state index in [1.54, 1.807) is 0 Å². The fourth-order valence-electron chi connectivity index (χ4n) is 2.75. The molecule has 21 heteroatoms. The first-order valence-electron chi connectivity index (χ1n) is 16.9. The van der Waals surface area contributed by atoms with E-state index in [1.165, 1.54) is 0 Å². The third-order valence-corrected chi connectivity index (χ3v) is 5.28. The summed E-state index contributed by atoms with van der Waals surface area (Å²) in [6.45, 7) is 10.6. The molecule has 21 nitrogen and oxygen atoms in total. The van der Waals surface area contributed by atoms with Crippen LogP contribution in [0, 0.1) is 0 Å². The zero-order valence-corrected chi connectivity index (χ0v) is 30.9. The molecule has 0 radical (unpaired) electrons. The van der Waals surface area contributed by atoms with Gasteiger partial charge in [0.2, 0.25) is 5.91 Å². The number of aliphatic hydroxyl groups is 2. The average Bonchev–Trinajstić information content (AvgIpc) is 3.18. The van der Waals surface area contributed by atoms with Gasteiger partial charge in [0.1, 0.15) is 33.0 Å². The summed E-state index contributed by atoms with van der Waals surface area (Å²) in [4.78, 5) is 65.5. The molecule has 0 aliphatic carbocycles. The number of carbonyl (C=O) groups excluding carboxylic acids is 6. The largest absolute Gasteiger partial charge is 0.463 e. The first kappa shape index (κ1) is 57.8. The Morgan fingerprint density at radius 1 is 0.473 bits per heavy atom. The van der Waals surface area contributed by atoms with Gasteiger partial charge in [-0.05, 0) is 12.2 Å². The van der Waals surface area contributed by atoms with E-state index in [0.29, 0.717) is 39.6 Å². The molecule has 0 unspecified atom stereocenters. The van der Waals surface area contributed by atoms with Crippen LogP contribution in [-0.4, -0.2) is 184 Å². The van der Waals surface area contributed by atoms with Crippen LogP contribution in [0.5, 0.6) is 0 Å². The minimum atomic E-state index is -0.573. The van der Waals surface area contributed by atoms with Gasteiger partial charge in [-0.25, -0.2) is 0 Å². The highest BCUT2D eigenvalue weighted by Crippen LogP contribution is 1.95. The maximum atomic E-state index is 11.3. The number of esters is 4. The van der Waals surface area contributed by atoms with Gasteiger partial charge in [0.25, 0.3) is 0 Å². The lowest BCUT2D eigenvalue weighted by molar-refractivity contribution is -0.147. The fraction of sp³-hybridized carbons (Fsp3) is 0.706. The molecule has 7 N–H and O–H groups in total. The van der Waals surface area contributed by atoms with E-state index in [-0.39, 0.29) is 125 Å². The number of nitrogens with two attached hydrogens (primary N) is 2. The van der Waals surface area contributed by atoms with Gasteiger partial charge in [-0.1, -0.05) is 20.6 Å². The number of amides is 1. The molecule has 0 aliphatic heterocycles. The first-order chi connectivity index (χ1) is 26.1. The number of carbonyl (C=O) groups is 6. The van der Waals surface area contributed by atoms with Gasteiger partial charge in [0, 0.05) is 6.42 Å². The first-order valence-corrected chi connectivity index (χ1v) is 16.9. The predicted octanol–water partition coefficient (Wildman–Crippen LogP) is -2.39. The van der Waals surface area contributed by atoms with E-state index in [9.17, 15) is 28.8 Å². The van der Waals surface area contributed by atoms with E-state index in [4.69, 9.17) is 59.6 Å². The molecule has 0 saturated carbocycles. The zero-order valence-electron chi connectivity index (χ0n) is 30.9. The predicted molar refractivity (Wildman–Crippen MR) is 195 cm³/mol. The SMILES string of the molecule is C.C=CC(=O)CCC(=O)OCCOCCOCCOC(=O)CNC(=O)C=C.NCC(=O)OCCOCCOCCOC(=O)CN.OCCOCCOCCO. The Balaban J connectivity index is -0.000000388. The summed E-state index contributed by atoms with van der Waals surface area (Å²) in [6, 6.07) is 0. The number of hydrogen-bond acceptors (Lipinski definition) is 20. The molecule has 0 spiro atoms. The van der Waals surface area contributed by atoms with Crippen molar-refractivity contribution in [2.75, 3.05) is 139 Å². The molecular weight excluding hydrogens is 738 g/mol. The van der Waals surface area contributed by atoms with Crippen molar-refractivity contribution in [3.8, 4) is 0 Å². The Kier molecular flexibility index (Phi) is 50.6. The van der Waals surface area contributed by atoms with Crippen molar-refractivity contribution in [2.24, 2.45) is 11.5 Å². The van der Waals surface area contributed by atoms with E-state index in [2.05, 4.69) is 27.9 Å². The summed E-state index contributed by atoms with van der Waals surface area (Å²) in [7, 11) is 0. The summed E-state index contributed by atoms with van der Waals surface area (Å²) < 4.78 is 49.4. The number of allylic oxidation sites excluding steroid dienone is 1. The summed E-state index contributed by atoms with van der Waals surface area (Å²) in [5, 5.41) is 18.8. The van der Waals surface area contributed by atoms with Gasteiger partial charge in [-0.3, -0.25) is 28.8 Å². The van der Waals surface area contributed by atoms with Crippen molar-refractivity contribution in [1.82, 2.24) is 5.32 Å². The van der Waals surface area contributed by atoms with Crippen molar-refractivity contribution in [2.45, 2.75) is 20.3 Å². The van der Waals surface area contributed by atoms with Gasteiger partial charge in [-0.2, -0.15) is 0 Å². The maximum absolute atomic E-state index is 11.3. The summed E-state index contributed by atoms with van der Waals surface area (Å²) in [5.74, 6) is -2.62. The molecule has 0 rings (SSSR count). The Hall–Kier alpha value is -3.90. The highest BCUT2D eigenvalue weighted by Gasteiger charge is 2.06. The van der Waals surface area contributed by atoms with Gasteiger partial charge in [0.05, 0.1) is 112 Å². The molecule has 0 aromatic rings. The number of rotatable bonds is 34. The lowest BCUT2D eigenvalue weighted by atomic mass is 10.2. The van der Waals surface area contributed by atoms with Crippen molar-refractivity contribution in [3.05, 3.63) is 25.3 Å². The fourth-order valence-corrected chi connectivity index (χ4v) is 2.75. The minimum Gasteiger partial charge on any atom is -0.463 e. The standard InChI is InChI=1S/C17H25NO8.C10H20N2O6.C6H14O4.CH4/c1-3-14(19)5-6-16(21)25-11-9-23-7-8-24-10-12-26-17(22)13-18-15(20)4-2;11-7-9(13)17-5-3-15-1-2-16-4-6-18-10(14)8-12;7-1-3-9-5-6-10-4-2-8;/h3-4H,1-2,5-13H2,(H,18,20);1-8,11-12H2;7-8H,1-6H2;1H4. The molecule has 322 valence electrons. The third-order valence-electron chi connectivity index (χ3n) is 5.28. The number of ketones is 1. The van der Waals surface area contributed by atoms with Crippen molar-refractivity contribution < 1.29 is 86.3 Å². The van der Waals surface area contributed by atoms with E-state index < -0.39 is 29.8 Å². The van der Waals surface area contributed by atoms with Crippen molar-refractivity contribution >= 4 is 35.6 Å². The average molecular weight is 802 g/mol. The third kappa shape index (κ3) is 52.2.